The Kier molecular flexibility index (Phi) is 4.05. The molecule has 33 heavy (non-hydrogen) atoms. The Hall–Kier alpha value is -3.95. The van der Waals surface area contributed by atoms with Crippen LogP contribution in [0.25, 0.3) is 10.8 Å². The lowest BCUT2D eigenvalue weighted by Crippen LogP contribution is -2.55. The number of hydrogen-bond donors (Lipinski definition) is 1. The number of anilines is 2. The Morgan fingerprint density at radius 1 is 0.939 bits per heavy atom. The fraction of sp³-hybridized carbons (Fsp3) is 0.222. The van der Waals surface area contributed by atoms with Gasteiger partial charge in [-0.2, -0.15) is 0 Å². The van der Waals surface area contributed by atoms with Gasteiger partial charge in [0.05, 0.1) is 29.8 Å². The maximum Gasteiger partial charge on any atom is 0.253 e. The van der Waals surface area contributed by atoms with Crippen molar-refractivity contribution in [1.82, 2.24) is 5.32 Å². The molecule has 2 fully saturated rings. The van der Waals surface area contributed by atoms with Gasteiger partial charge in [0, 0.05) is 17.0 Å². The van der Waals surface area contributed by atoms with Gasteiger partial charge in [0.25, 0.3) is 5.91 Å². The molecule has 6 heteroatoms. The zero-order valence-corrected chi connectivity index (χ0v) is 18.0. The molecule has 3 aromatic carbocycles. The average Bonchev–Trinajstić information content (AvgIpc) is 3.37. The lowest BCUT2D eigenvalue weighted by atomic mass is 9.76. The van der Waals surface area contributed by atoms with E-state index in [9.17, 15) is 14.4 Å². The normalized spacial score (nSPS) is 28.0. The van der Waals surface area contributed by atoms with Gasteiger partial charge in [-0.05, 0) is 24.4 Å². The molecule has 3 amide bonds. The molecular weight excluding hydrogens is 414 g/mol. The highest BCUT2D eigenvalue weighted by Crippen LogP contribution is 2.55. The van der Waals surface area contributed by atoms with E-state index in [-0.39, 0.29) is 30.3 Å². The Morgan fingerprint density at radius 2 is 1.64 bits per heavy atom. The largest absolute Gasteiger partial charge is 0.298 e. The molecule has 2 saturated heterocycles. The van der Waals surface area contributed by atoms with E-state index < -0.39 is 17.4 Å². The van der Waals surface area contributed by atoms with E-state index in [1.807, 2.05) is 67.6 Å². The van der Waals surface area contributed by atoms with Crippen LogP contribution in [0.1, 0.15) is 12.5 Å². The van der Waals surface area contributed by atoms with Crippen LogP contribution in [0.5, 0.6) is 0 Å². The summed E-state index contributed by atoms with van der Waals surface area (Å²) >= 11 is 0. The van der Waals surface area contributed by atoms with Crippen molar-refractivity contribution in [2.45, 2.75) is 18.5 Å². The Labute approximate surface area is 191 Å². The van der Waals surface area contributed by atoms with Crippen LogP contribution in [0.3, 0.4) is 0 Å². The van der Waals surface area contributed by atoms with Crippen LogP contribution >= 0.6 is 0 Å². The van der Waals surface area contributed by atoms with E-state index in [2.05, 4.69) is 11.2 Å². The van der Waals surface area contributed by atoms with Crippen LogP contribution in [0.2, 0.25) is 0 Å². The number of nitrogens with one attached hydrogen (secondary N) is 1. The van der Waals surface area contributed by atoms with Crippen LogP contribution in [-0.2, 0) is 19.9 Å². The summed E-state index contributed by atoms with van der Waals surface area (Å²) in [5, 5.41) is 5.13. The summed E-state index contributed by atoms with van der Waals surface area (Å²) in [4.78, 5) is 44.4. The number of carbonyl (C=O) groups is 3. The highest BCUT2D eigenvalue weighted by molar-refractivity contribution is 6.28. The van der Waals surface area contributed by atoms with E-state index in [4.69, 9.17) is 6.42 Å². The molecule has 0 radical (unpaired) electrons. The average molecular weight is 435 g/mol. The third-order valence-corrected chi connectivity index (χ3v) is 7.27. The van der Waals surface area contributed by atoms with Crippen LogP contribution < -0.4 is 15.1 Å². The van der Waals surface area contributed by atoms with Crippen molar-refractivity contribution in [3.05, 3.63) is 72.3 Å². The number of fused-ring (bicyclic) bond motifs is 5. The molecule has 3 aromatic rings. The van der Waals surface area contributed by atoms with Gasteiger partial charge in [-0.3, -0.25) is 24.6 Å². The summed E-state index contributed by atoms with van der Waals surface area (Å²) < 4.78 is 0. The van der Waals surface area contributed by atoms with Crippen molar-refractivity contribution < 1.29 is 14.4 Å². The molecule has 1 N–H and O–H groups in total. The van der Waals surface area contributed by atoms with Gasteiger partial charge in [-0.1, -0.05) is 60.5 Å². The maximum absolute atomic E-state index is 14.0. The molecular formula is C27H21N3O3. The SMILES string of the molecule is C#CCN1C(=O)[C@]2(N[C@H](C)[C@@H]3C(=O)N(c4cccc5ccccc45)C(=O)[C@@H]32)c2ccccc21. The van der Waals surface area contributed by atoms with E-state index in [1.54, 1.807) is 6.07 Å². The summed E-state index contributed by atoms with van der Waals surface area (Å²) in [6, 6.07) is 20.2. The van der Waals surface area contributed by atoms with Crippen molar-refractivity contribution >= 4 is 39.9 Å². The highest BCUT2D eigenvalue weighted by atomic mass is 16.2. The van der Waals surface area contributed by atoms with Crippen molar-refractivity contribution in [2.75, 3.05) is 16.3 Å². The Balaban J connectivity index is 1.54. The molecule has 0 saturated carbocycles. The summed E-state index contributed by atoms with van der Waals surface area (Å²) in [7, 11) is 0. The van der Waals surface area contributed by atoms with Gasteiger partial charge in [-0.15, -0.1) is 6.42 Å². The molecule has 0 bridgehead atoms. The van der Waals surface area contributed by atoms with Crippen LogP contribution in [-0.4, -0.2) is 30.3 Å². The van der Waals surface area contributed by atoms with E-state index in [1.165, 1.54) is 9.80 Å². The lowest BCUT2D eigenvalue weighted by molar-refractivity contribution is -0.132. The molecule has 1 spiro atoms. The fourth-order valence-corrected chi connectivity index (χ4v) is 6.00. The van der Waals surface area contributed by atoms with Gasteiger partial charge in [-0.25, -0.2) is 4.90 Å². The lowest BCUT2D eigenvalue weighted by Gasteiger charge is -2.30. The zero-order chi connectivity index (χ0) is 22.9. The van der Waals surface area contributed by atoms with Gasteiger partial charge in [0.15, 0.2) is 0 Å². The molecule has 3 aliphatic rings. The number of imide groups is 1. The summed E-state index contributed by atoms with van der Waals surface area (Å²) in [6.07, 6.45) is 5.56. The first-order chi connectivity index (χ1) is 16.0. The number of carbonyl (C=O) groups excluding carboxylic acids is 3. The van der Waals surface area contributed by atoms with Crippen molar-refractivity contribution in [1.29, 1.82) is 0 Å². The van der Waals surface area contributed by atoms with E-state index in [0.717, 1.165) is 10.8 Å². The number of rotatable bonds is 2. The minimum atomic E-state index is -1.32. The zero-order valence-electron chi connectivity index (χ0n) is 18.0. The number of terminal acetylenes is 1. The topological polar surface area (TPSA) is 69.7 Å². The molecule has 0 aliphatic carbocycles. The van der Waals surface area contributed by atoms with Crippen LogP contribution in [0.15, 0.2) is 66.7 Å². The summed E-state index contributed by atoms with van der Waals surface area (Å²) in [5.74, 6) is 0.131. The van der Waals surface area contributed by atoms with E-state index >= 15 is 0 Å². The summed E-state index contributed by atoms with van der Waals surface area (Å²) in [5.41, 5.74) is 0.623. The van der Waals surface area contributed by atoms with Gasteiger partial charge in [0.1, 0.15) is 5.54 Å². The standard InChI is InChI=1S/C27H21N3O3/c1-3-15-29-21-13-7-6-12-19(21)27(26(29)33)23-22(16(2)28-27)24(31)30(25(23)32)20-14-8-10-17-9-4-5-11-18(17)20/h1,4-14,16,22-23,28H,15H2,2H3/t16-,22+,23-,27+/m1/s1. The molecule has 162 valence electrons. The Morgan fingerprint density at radius 3 is 2.45 bits per heavy atom. The van der Waals surface area contributed by atoms with Crippen molar-refractivity contribution in [2.24, 2.45) is 11.8 Å². The second kappa shape index (κ2) is 6.77. The molecule has 4 atom stereocenters. The second-order valence-corrected chi connectivity index (χ2v) is 8.87. The minimum absolute atomic E-state index is 0.0974. The van der Waals surface area contributed by atoms with Gasteiger partial charge >= 0.3 is 0 Å². The fourth-order valence-electron chi connectivity index (χ4n) is 6.00. The third-order valence-electron chi connectivity index (χ3n) is 7.27. The minimum Gasteiger partial charge on any atom is -0.298 e. The maximum atomic E-state index is 14.0. The highest BCUT2D eigenvalue weighted by Gasteiger charge is 2.71. The molecule has 0 unspecified atom stereocenters. The monoisotopic (exact) mass is 435 g/mol. The number of para-hydroxylation sites is 1. The molecule has 0 aromatic heterocycles. The molecule has 6 rings (SSSR count). The Bertz CT molecular complexity index is 1400. The first-order valence-electron chi connectivity index (χ1n) is 11.0. The van der Waals surface area contributed by atoms with Gasteiger partial charge < -0.3 is 0 Å². The number of hydrogen-bond acceptors (Lipinski definition) is 4. The van der Waals surface area contributed by atoms with Crippen LogP contribution in [0.4, 0.5) is 11.4 Å². The molecule has 6 nitrogen and oxygen atoms in total. The quantitative estimate of drug-likeness (QED) is 0.497. The molecule has 3 heterocycles. The predicted molar refractivity (Wildman–Crippen MR) is 125 cm³/mol. The first kappa shape index (κ1) is 19.7. The smallest absolute Gasteiger partial charge is 0.253 e. The number of benzene rings is 3. The number of nitrogens with zero attached hydrogens (tertiary/aromatic N) is 2. The second-order valence-electron chi connectivity index (χ2n) is 8.87. The van der Waals surface area contributed by atoms with E-state index in [0.29, 0.717) is 16.9 Å². The summed E-state index contributed by atoms with van der Waals surface area (Å²) in [6.45, 7) is 1.96. The first-order valence-corrected chi connectivity index (χ1v) is 11.0. The number of amides is 3. The van der Waals surface area contributed by atoms with Crippen LogP contribution in [0, 0.1) is 24.2 Å². The van der Waals surface area contributed by atoms with Gasteiger partial charge in [0.2, 0.25) is 11.8 Å². The molecule has 3 aliphatic heterocycles. The van der Waals surface area contributed by atoms with Crippen molar-refractivity contribution in [3.8, 4) is 12.3 Å². The predicted octanol–water partition coefficient (Wildman–Crippen LogP) is 2.81. The third kappa shape index (κ3) is 2.35. The van der Waals surface area contributed by atoms with Crippen molar-refractivity contribution in [3.63, 3.8) is 0 Å².